The molecule has 4 bridgehead atoms. The smallest absolute Gasteiger partial charge is 0.00306 e. The van der Waals surface area contributed by atoms with Crippen LogP contribution in [0.15, 0.2) is 12.2 Å². The molecule has 2 saturated carbocycles. The van der Waals surface area contributed by atoms with Crippen LogP contribution in [0.25, 0.3) is 0 Å². The van der Waals surface area contributed by atoms with Gasteiger partial charge in [0.15, 0.2) is 0 Å². The Balaban J connectivity index is 1.74. The molecule has 0 nitrogen and oxygen atoms in total. The topological polar surface area (TPSA) is 0 Å². The molecule has 0 aromatic heterocycles. The van der Waals surface area contributed by atoms with Crippen LogP contribution in [0.4, 0.5) is 0 Å². The first-order valence-corrected chi connectivity index (χ1v) is 6.83. The summed E-state index contributed by atoms with van der Waals surface area (Å²) in [6.45, 7) is 2.28. The highest BCUT2D eigenvalue weighted by Gasteiger charge is 2.54. The molecule has 0 aliphatic heterocycles. The summed E-state index contributed by atoms with van der Waals surface area (Å²) < 4.78 is 0. The zero-order valence-electron chi connectivity index (χ0n) is 8.28. The largest absolute Gasteiger partial charge is 0.162 e. The molecule has 3 aliphatic carbocycles. The lowest BCUT2D eigenvalue weighted by Gasteiger charge is -2.29. The third kappa shape index (κ3) is 1.06. The van der Waals surface area contributed by atoms with Crippen LogP contribution in [-0.4, -0.2) is 11.5 Å². The second-order valence-corrected chi connectivity index (χ2v) is 6.09. The van der Waals surface area contributed by atoms with E-state index in [-0.39, 0.29) is 0 Å². The fourth-order valence-corrected chi connectivity index (χ4v) is 4.93. The first-order valence-electron chi connectivity index (χ1n) is 5.68. The Morgan fingerprint density at radius 1 is 1.15 bits per heavy atom. The second-order valence-electron chi connectivity index (χ2n) is 4.77. The van der Waals surface area contributed by atoms with Gasteiger partial charge in [-0.3, -0.25) is 0 Å². The maximum Gasteiger partial charge on any atom is -0.00306 e. The number of hydrogen-bond acceptors (Lipinski definition) is 1. The van der Waals surface area contributed by atoms with Crippen LogP contribution in [0, 0.1) is 29.6 Å². The summed E-state index contributed by atoms with van der Waals surface area (Å²) >= 11 is 2.15. The Morgan fingerprint density at radius 2 is 1.92 bits per heavy atom. The van der Waals surface area contributed by atoms with Crippen molar-refractivity contribution >= 4 is 11.8 Å². The third-order valence-electron chi connectivity index (χ3n) is 4.43. The zero-order chi connectivity index (χ0) is 8.84. The highest BCUT2D eigenvalue weighted by molar-refractivity contribution is 7.99. The zero-order valence-corrected chi connectivity index (χ0v) is 9.09. The second kappa shape index (κ2) is 3.05. The van der Waals surface area contributed by atoms with Crippen LogP contribution >= 0.6 is 11.8 Å². The molecule has 0 aromatic rings. The average Bonchev–Trinajstić information content (AvgIpc) is 2.78. The molecular formula is C12H18S. The lowest BCUT2D eigenvalue weighted by molar-refractivity contribution is 0.289. The van der Waals surface area contributed by atoms with Gasteiger partial charge in [0, 0.05) is 0 Å². The summed E-state index contributed by atoms with van der Waals surface area (Å²) in [7, 11) is 0. The molecule has 0 radical (unpaired) electrons. The number of rotatable bonds is 3. The molecule has 0 amide bonds. The predicted molar refractivity (Wildman–Crippen MR) is 58.8 cm³/mol. The van der Waals surface area contributed by atoms with Crippen molar-refractivity contribution < 1.29 is 0 Å². The lowest BCUT2D eigenvalue weighted by atomic mass is 9.79. The Bertz CT molecular complexity index is 233. The molecule has 72 valence electrons. The normalized spacial score (nSPS) is 50.7. The fraction of sp³-hybridized carbons (Fsp3) is 0.833. The maximum absolute atomic E-state index is 2.53. The van der Waals surface area contributed by atoms with E-state index in [4.69, 9.17) is 0 Å². The Morgan fingerprint density at radius 3 is 2.62 bits per heavy atom. The van der Waals surface area contributed by atoms with E-state index in [1.807, 2.05) is 0 Å². The first kappa shape index (κ1) is 8.40. The summed E-state index contributed by atoms with van der Waals surface area (Å²) in [6.07, 6.45) is 8.12. The fourth-order valence-electron chi connectivity index (χ4n) is 3.95. The van der Waals surface area contributed by atoms with Gasteiger partial charge in [0.1, 0.15) is 0 Å². The van der Waals surface area contributed by atoms with Crippen molar-refractivity contribution in [3.8, 4) is 0 Å². The van der Waals surface area contributed by atoms with E-state index >= 15 is 0 Å². The van der Waals surface area contributed by atoms with Crippen molar-refractivity contribution in [3.05, 3.63) is 12.2 Å². The third-order valence-corrected chi connectivity index (χ3v) is 5.46. The molecule has 5 atom stereocenters. The Labute approximate surface area is 85.2 Å². The van der Waals surface area contributed by atoms with E-state index in [1.165, 1.54) is 24.3 Å². The van der Waals surface area contributed by atoms with E-state index in [2.05, 4.69) is 30.8 Å². The van der Waals surface area contributed by atoms with Crippen LogP contribution in [0.5, 0.6) is 0 Å². The minimum absolute atomic E-state index is 0.989. The molecule has 2 fully saturated rings. The summed E-state index contributed by atoms with van der Waals surface area (Å²) in [5.41, 5.74) is 0. The highest BCUT2D eigenvalue weighted by Crippen LogP contribution is 2.61. The first-order chi connectivity index (χ1) is 6.42. The molecule has 3 aliphatic rings. The number of allylic oxidation sites excluding steroid dienone is 2. The van der Waals surface area contributed by atoms with Crippen molar-refractivity contribution in [3.63, 3.8) is 0 Å². The monoisotopic (exact) mass is 194 g/mol. The van der Waals surface area contributed by atoms with E-state index < -0.39 is 0 Å². The lowest BCUT2D eigenvalue weighted by Crippen LogP contribution is -2.23. The molecule has 0 saturated heterocycles. The maximum atomic E-state index is 2.53. The quantitative estimate of drug-likeness (QED) is 0.622. The number of hydrogen-bond donors (Lipinski definition) is 0. The van der Waals surface area contributed by atoms with Crippen LogP contribution < -0.4 is 0 Å². The van der Waals surface area contributed by atoms with Gasteiger partial charge < -0.3 is 0 Å². The summed E-state index contributed by atoms with van der Waals surface area (Å²) in [6, 6.07) is 0. The van der Waals surface area contributed by atoms with E-state index in [1.54, 1.807) is 0 Å². The summed E-state index contributed by atoms with van der Waals surface area (Å²) in [4.78, 5) is 0. The van der Waals surface area contributed by atoms with Crippen molar-refractivity contribution in [2.75, 3.05) is 11.5 Å². The van der Waals surface area contributed by atoms with Crippen molar-refractivity contribution in [1.29, 1.82) is 0 Å². The molecule has 1 heteroatoms. The molecule has 13 heavy (non-hydrogen) atoms. The molecule has 0 N–H and O–H groups in total. The summed E-state index contributed by atoms with van der Waals surface area (Å²) in [5.74, 6) is 7.94. The molecule has 5 unspecified atom stereocenters. The van der Waals surface area contributed by atoms with Gasteiger partial charge in [-0.15, -0.1) is 0 Å². The molecule has 0 heterocycles. The molecule has 0 aromatic carbocycles. The van der Waals surface area contributed by atoms with E-state index in [0.717, 1.165) is 29.6 Å². The van der Waals surface area contributed by atoms with Crippen molar-refractivity contribution in [2.45, 2.75) is 19.8 Å². The van der Waals surface area contributed by atoms with Crippen molar-refractivity contribution in [1.82, 2.24) is 0 Å². The predicted octanol–water partition coefficient (Wildman–Crippen LogP) is 3.20. The van der Waals surface area contributed by atoms with Gasteiger partial charge in [-0.25, -0.2) is 0 Å². The number of thioether (sulfide) groups is 1. The summed E-state index contributed by atoms with van der Waals surface area (Å²) in [5, 5.41) is 0. The minimum atomic E-state index is 0.989. The van der Waals surface area contributed by atoms with E-state index in [0.29, 0.717) is 0 Å². The molecule has 0 spiro atoms. The van der Waals surface area contributed by atoms with Crippen LogP contribution in [0.2, 0.25) is 0 Å². The molecular weight excluding hydrogens is 176 g/mol. The SMILES string of the molecule is CCSCC1C2C=CC3C2CCC31. The van der Waals surface area contributed by atoms with Gasteiger partial charge in [-0.1, -0.05) is 19.1 Å². The van der Waals surface area contributed by atoms with Gasteiger partial charge in [0.05, 0.1) is 0 Å². The van der Waals surface area contributed by atoms with Crippen LogP contribution in [-0.2, 0) is 0 Å². The Hall–Kier alpha value is 0.0900. The Kier molecular flexibility index (Phi) is 1.97. The van der Waals surface area contributed by atoms with Gasteiger partial charge in [0.2, 0.25) is 0 Å². The van der Waals surface area contributed by atoms with Gasteiger partial charge in [-0.05, 0) is 53.9 Å². The van der Waals surface area contributed by atoms with Crippen LogP contribution in [0.3, 0.4) is 0 Å². The van der Waals surface area contributed by atoms with Gasteiger partial charge in [-0.2, -0.15) is 11.8 Å². The minimum Gasteiger partial charge on any atom is -0.162 e. The van der Waals surface area contributed by atoms with Crippen molar-refractivity contribution in [2.24, 2.45) is 29.6 Å². The standard InChI is InChI=1S/C12H18S/c1-2-13-7-12-10-5-3-8-9(10)4-6-11(8)12/h3,5,8-12H,2,4,6-7H2,1H3. The molecule has 3 rings (SSSR count). The highest BCUT2D eigenvalue weighted by atomic mass is 32.2. The van der Waals surface area contributed by atoms with Gasteiger partial charge in [0.25, 0.3) is 0 Å². The van der Waals surface area contributed by atoms with Gasteiger partial charge >= 0.3 is 0 Å². The van der Waals surface area contributed by atoms with Crippen LogP contribution in [0.1, 0.15) is 19.8 Å². The average molecular weight is 194 g/mol. The van der Waals surface area contributed by atoms with E-state index in [9.17, 15) is 0 Å².